The molecule has 0 bridgehead atoms. The van der Waals surface area contributed by atoms with Crippen molar-refractivity contribution in [3.63, 3.8) is 0 Å². The number of ether oxygens (including phenoxy) is 1. The summed E-state index contributed by atoms with van der Waals surface area (Å²) >= 11 is 0. The number of carbonyl (C=O) groups is 1. The molecule has 2 saturated carbocycles. The van der Waals surface area contributed by atoms with Crippen molar-refractivity contribution in [1.82, 2.24) is 0 Å². The third kappa shape index (κ3) is 6.77. The van der Waals surface area contributed by atoms with Crippen molar-refractivity contribution >= 4 is 5.97 Å². The Hall–Kier alpha value is -2.01. The maximum Gasteiger partial charge on any atom is 0.314 e. The highest BCUT2D eigenvalue weighted by molar-refractivity contribution is 5.75. The molecule has 156 valence electrons. The Bertz CT molecular complexity index is 705. The summed E-state index contributed by atoms with van der Waals surface area (Å²) in [5.74, 6) is 9.57. The van der Waals surface area contributed by atoms with Crippen molar-refractivity contribution in [3.05, 3.63) is 42.5 Å². The van der Waals surface area contributed by atoms with Crippen LogP contribution in [-0.4, -0.2) is 5.97 Å². The summed E-state index contributed by atoms with van der Waals surface area (Å²) in [6, 6.07) is 7.70. The van der Waals surface area contributed by atoms with Gasteiger partial charge in [0.15, 0.2) is 0 Å². The topological polar surface area (TPSA) is 26.3 Å². The maximum atomic E-state index is 12.5. The molecule has 29 heavy (non-hydrogen) atoms. The molecule has 0 aromatic heterocycles. The molecule has 1 aromatic carbocycles. The van der Waals surface area contributed by atoms with Gasteiger partial charge in [-0.15, -0.1) is 6.58 Å². The molecule has 2 heteroatoms. The normalized spacial score (nSPS) is 26.8. The third-order valence-electron chi connectivity index (χ3n) is 6.88. The Balaban J connectivity index is 1.44. The van der Waals surface area contributed by atoms with E-state index in [1.807, 2.05) is 30.3 Å². The average molecular weight is 393 g/mol. The van der Waals surface area contributed by atoms with E-state index in [-0.39, 0.29) is 11.9 Å². The fourth-order valence-electron chi connectivity index (χ4n) is 4.75. The molecule has 0 heterocycles. The number of hydrogen-bond donors (Lipinski definition) is 0. The Morgan fingerprint density at radius 3 is 2.31 bits per heavy atom. The van der Waals surface area contributed by atoms with Crippen molar-refractivity contribution in [2.75, 3.05) is 0 Å². The summed E-state index contributed by atoms with van der Waals surface area (Å²) in [5, 5.41) is 0. The van der Waals surface area contributed by atoms with Gasteiger partial charge in [0, 0.05) is 11.5 Å². The molecule has 0 N–H and O–H groups in total. The standard InChI is InChI=1S/C27H36O2/c1-3-5-6-22-13-17-25(18-14-22)27(28)29-26-19-15-24(16-20-26)12-11-23-9-7-21(4-2)8-10-23/h3,15-16,19-23,25H,1,4-10,13-14,17-18H2,2H3/t21-,22-,23-,25-. The lowest BCUT2D eigenvalue weighted by atomic mass is 9.80. The van der Waals surface area contributed by atoms with Gasteiger partial charge in [-0.25, -0.2) is 0 Å². The first-order valence-corrected chi connectivity index (χ1v) is 11.6. The highest BCUT2D eigenvalue weighted by Crippen LogP contribution is 2.33. The minimum absolute atomic E-state index is 0.0488. The number of allylic oxidation sites excluding steroid dienone is 1. The van der Waals surface area contributed by atoms with Crippen LogP contribution in [0, 0.1) is 35.5 Å². The Labute approximate surface area is 177 Å². The van der Waals surface area contributed by atoms with Gasteiger partial charge in [0.25, 0.3) is 0 Å². The number of hydrogen-bond acceptors (Lipinski definition) is 2. The second-order valence-corrected chi connectivity index (χ2v) is 8.92. The van der Waals surface area contributed by atoms with E-state index >= 15 is 0 Å². The molecular weight excluding hydrogens is 356 g/mol. The summed E-state index contributed by atoms with van der Waals surface area (Å²) in [5.41, 5.74) is 1.00. The van der Waals surface area contributed by atoms with Gasteiger partial charge in [0.1, 0.15) is 5.75 Å². The smallest absolute Gasteiger partial charge is 0.314 e. The molecule has 0 atom stereocenters. The first kappa shape index (κ1) is 21.7. The van der Waals surface area contributed by atoms with E-state index in [1.54, 1.807) is 0 Å². The molecule has 2 aliphatic carbocycles. The largest absolute Gasteiger partial charge is 0.426 e. The minimum atomic E-state index is -0.0707. The molecule has 1 aromatic rings. The number of rotatable bonds is 6. The van der Waals surface area contributed by atoms with Crippen LogP contribution in [0.15, 0.2) is 36.9 Å². The maximum absolute atomic E-state index is 12.5. The molecule has 3 rings (SSSR count). The van der Waals surface area contributed by atoms with Crippen LogP contribution in [-0.2, 0) is 4.79 Å². The third-order valence-corrected chi connectivity index (χ3v) is 6.88. The van der Waals surface area contributed by atoms with Crippen LogP contribution in [0.5, 0.6) is 5.75 Å². The van der Waals surface area contributed by atoms with Crippen LogP contribution in [0.3, 0.4) is 0 Å². The SMILES string of the molecule is C=CCC[C@H]1CC[C@H](C(=O)Oc2ccc(C#C[C@H]3CC[C@H](CC)CC3)cc2)CC1. The highest BCUT2D eigenvalue weighted by atomic mass is 16.5. The summed E-state index contributed by atoms with van der Waals surface area (Å²) in [6.45, 7) is 6.09. The predicted molar refractivity (Wildman–Crippen MR) is 120 cm³/mol. The van der Waals surface area contributed by atoms with E-state index in [9.17, 15) is 4.79 Å². The van der Waals surface area contributed by atoms with Crippen molar-refractivity contribution in [2.24, 2.45) is 23.7 Å². The van der Waals surface area contributed by atoms with E-state index < -0.39 is 0 Å². The Morgan fingerprint density at radius 2 is 1.69 bits per heavy atom. The molecule has 0 unspecified atom stereocenters. The Morgan fingerprint density at radius 1 is 1.03 bits per heavy atom. The van der Waals surface area contributed by atoms with Crippen molar-refractivity contribution in [2.45, 2.75) is 77.6 Å². The second kappa shape index (κ2) is 11.2. The van der Waals surface area contributed by atoms with Crippen LogP contribution >= 0.6 is 0 Å². The van der Waals surface area contributed by atoms with Gasteiger partial charge in [-0.1, -0.05) is 31.3 Å². The zero-order chi connectivity index (χ0) is 20.5. The van der Waals surface area contributed by atoms with Gasteiger partial charge in [-0.3, -0.25) is 4.79 Å². The number of benzene rings is 1. The zero-order valence-electron chi connectivity index (χ0n) is 18.0. The quantitative estimate of drug-likeness (QED) is 0.227. The summed E-state index contributed by atoms with van der Waals surface area (Å²) < 4.78 is 5.64. The van der Waals surface area contributed by atoms with Crippen LogP contribution < -0.4 is 4.74 Å². The molecule has 0 radical (unpaired) electrons. The van der Waals surface area contributed by atoms with E-state index in [2.05, 4.69) is 25.3 Å². The van der Waals surface area contributed by atoms with Crippen molar-refractivity contribution in [3.8, 4) is 17.6 Å². The predicted octanol–water partition coefficient (Wildman–Crippen LogP) is 6.93. The molecule has 0 aliphatic heterocycles. The average Bonchev–Trinajstić information content (AvgIpc) is 2.78. The van der Waals surface area contributed by atoms with Gasteiger partial charge in [-0.2, -0.15) is 0 Å². The number of carbonyl (C=O) groups excluding carboxylic acids is 1. The van der Waals surface area contributed by atoms with Crippen LogP contribution in [0.2, 0.25) is 0 Å². The summed E-state index contributed by atoms with van der Waals surface area (Å²) in [4.78, 5) is 12.5. The zero-order valence-corrected chi connectivity index (χ0v) is 18.0. The number of esters is 1. The van der Waals surface area contributed by atoms with E-state index in [1.165, 1.54) is 38.5 Å². The minimum Gasteiger partial charge on any atom is -0.426 e. The van der Waals surface area contributed by atoms with Crippen LogP contribution in [0.25, 0.3) is 0 Å². The van der Waals surface area contributed by atoms with Gasteiger partial charge in [-0.05, 0) is 100 Å². The second-order valence-electron chi connectivity index (χ2n) is 8.92. The van der Waals surface area contributed by atoms with E-state index in [0.29, 0.717) is 11.7 Å². The van der Waals surface area contributed by atoms with Gasteiger partial charge in [0.05, 0.1) is 5.92 Å². The molecule has 2 fully saturated rings. The lowest BCUT2D eigenvalue weighted by Gasteiger charge is -2.26. The summed E-state index contributed by atoms with van der Waals surface area (Å²) in [6.07, 6.45) is 14.8. The summed E-state index contributed by atoms with van der Waals surface area (Å²) in [7, 11) is 0. The Kier molecular flexibility index (Phi) is 8.41. The fraction of sp³-hybridized carbons (Fsp3) is 0.593. The van der Waals surface area contributed by atoms with E-state index in [4.69, 9.17) is 4.74 Å². The first-order valence-electron chi connectivity index (χ1n) is 11.6. The van der Waals surface area contributed by atoms with Gasteiger partial charge < -0.3 is 4.74 Å². The molecule has 0 amide bonds. The monoisotopic (exact) mass is 392 g/mol. The molecule has 0 spiro atoms. The van der Waals surface area contributed by atoms with Crippen LogP contribution in [0.1, 0.15) is 83.1 Å². The fourth-order valence-corrected chi connectivity index (χ4v) is 4.75. The van der Waals surface area contributed by atoms with Crippen molar-refractivity contribution in [1.29, 1.82) is 0 Å². The molecule has 2 nitrogen and oxygen atoms in total. The first-order chi connectivity index (χ1) is 14.2. The van der Waals surface area contributed by atoms with E-state index in [0.717, 1.165) is 49.5 Å². The molecule has 0 saturated heterocycles. The van der Waals surface area contributed by atoms with Gasteiger partial charge >= 0.3 is 5.97 Å². The highest BCUT2D eigenvalue weighted by Gasteiger charge is 2.27. The molecule has 2 aliphatic rings. The van der Waals surface area contributed by atoms with Crippen LogP contribution in [0.4, 0.5) is 0 Å². The molecular formula is C27H36O2. The van der Waals surface area contributed by atoms with Crippen molar-refractivity contribution < 1.29 is 9.53 Å². The lowest BCUT2D eigenvalue weighted by molar-refractivity contribution is -0.140. The lowest BCUT2D eigenvalue weighted by Crippen LogP contribution is -2.25. The van der Waals surface area contributed by atoms with Gasteiger partial charge in [0.2, 0.25) is 0 Å².